The predicted octanol–water partition coefficient (Wildman–Crippen LogP) is 1.51. The number of anilines is 1. The molecule has 0 fully saturated rings. The van der Waals surface area contributed by atoms with Crippen LogP contribution in [-0.4, -0.2) is 27.2 Å². The molecule has 0 bridgehead atoms. The molecule has 5 nitrogen and oxygen atoms in total. The van der Waals surface area contributed by atoms with E-state index in [1.807, 2.05) is 4.72 Å². The maximum absolute atomic E-state index is 13.3. The topological polar surface area (TPSA) is 72.5 Å². The standard InChI is InChI=1S/C10H11F2NO4S/c1-3-18(15,16)13-9-4-6(10(14)17-2)7(11)5-8(9)12/h4-5,13H,3H2,1-2H3. The van der Waals surface area contributed by atoms with Gasteiger partial charge >= 0.3 is 5.97 Å². The zero-order valence-corrected chi connectivity index (χ0v) is 10.5. The second-order valence-corrected chi connectivity index (χ2v) is 5.32. The van der Waals surface area contributed by atoms with Gasteiger partial charge in [0.25, 0.3) is 0 Å². The first-order chi connectivity index (χ1) is 8.30. The minimum Gasteiger partial charge on any atom is -0.465 e. The molecule has 0 saturated carbocycles. The van der Waals surface area contributed by atoms with E-state index in [0.717, 1.165) is 13.2 Å². The zero-order valence-electron chi connectivity index (χ0n) is 9.66. The maximum Gasteiger partial charge on any atom is 0.340 e. The molecule has 0 amide bonds. The van der Waals surface area contributed by atoms with Crippen LogP contribution < -0.4 is 4.72 Å². The normalized spacial score (nSPS) is 11.1. The van der Waals surface area contributed by atoms with Gasteiger partial charge in [-0.3, -0.25) is 4.72 Å². The highest BCUT2D eigenvalue weighted by molar-refractivity contribution is 7.92. The number of methoxy groups -OCH3 is 1. The largest absolute Gasteiger partial charge is 0.465 e. The molecule has 0 radical (unpaired) electrons. The van der Waals surface area contributed by atoms with Crippen LogP contribution in [-0.2, 0) is 14.8 Å². The van der Waals surface area contributed by atoms with Crippen LogP contribution in [0.5, 0.6) is 0 Å². The number of hydrogen-bond acceptors (Lipinski definition) is 4. The molecule has 0 aromatic heterocycles. The smallest absolute Gasteiger partial charge is 0.340 e. The highest BCUT2D eigenvalue weighted by Crippen LogP contribution is 2.21. The van der Waals surface area contributed by atoms with Crippen LogP contribution in [0, 0.1) is 11.6 Å². The van der Waals surface area contributed by atoms with Gasteiger partial charge in [0, 0.05) is 6.07 Å². The van der Waals surface area contributed by atoms with Gasteiger partial charge in [-0.1, -0.05) is 0 Å². The Bertz CT molecular complexity index is 571. The van der Waals surface area contributed by atoms with Crippen LogP contribution in [0.3, 0.4) is 0 Å². The van der Waals surface area contributed by atoms with Crippen molar-refractivity contribution >= 4 is 21.7 Å². The van der Waals surface area contributed by atoms with Crippen LogP contribution >= 0.6 is 0 Å². The van der Waals surface area contributed by atoms with Crippen molar-refractivity contribution in [3.63, 3.8) is 0 Å². The van der Waals surface area contributed by atoms with Gasteiger partial charge in [0.2, 0.25) is 10.0 Å². The molecule has 100 valence electrons. The molecular weight excluding hydrogens is 268 g/mol. The average molecular weight is 279 g/mol. The summed E-state index contributed by atoms with van der Waals surface area (Å²) >= 11 is 0. The Morgan fingerprint density at radius 2 is 1.94 bits per heavy atom. The molecular formula is C10H11F2NO4S. The second kappa shape index (κ2) is 5.30. The Hall–Kier alpha value is -1.70. The van der Waals surface area contributed by atoms with Crippen molar-refractivity contribution < 1.29 is 26.7 Å². The van der Waals surface area contributed by atoms with E-state index in [2.05, 4.69) is 4.74 Å². The molecule has 0 aliphatic rings. The van der Waals surface area contributed by atoms with Crippen molar-refractivity contribution in [1.82, 2.24) is 0 Å². The Morgan fingerprint density at radius 3 is 2.44 bits per heavy atom. The third-order valence-electron chi connectivity index (χ3n) is 2.11. The lowest BCUT2D eigenvalue weighted by molar-refractivity contribution is 0.0595. The summed E-state index contributed by atoms with van der Waals surface area (Å²) in [5.74, 6) is -3.54. The Balaban J connectivity index is 3.25. The van der Waals surface area contributed by atoms with Crippen LogP contribution in [0.2, 0.25) is 0 Å². The van der Waals surface area contributed by atoms with Gasteiger partial charge in [-0.2, -0.15) is 0 Å². The van der Waals surface area contributed by atoms with E-state index in [0.29, 0.717) is 6.07 Å². The number of hydrogen-bond donors (Lipinski definition) is 1. The summed E-state index contributed by atoms with van der Waals surface area (Å²) in [6.07, 6.45) is 0. The summed E-state index contributed by atoms with van der Waals surface area (Å²) in [7, 11) is -2.69. The molecule has 0 aliphatic carbocycles. The van der Waals surface area contributed by atoms with Crippen LogP contribution in [0.25, 0.3) is 0 Å². The number of carbonyl (C=O) groups is 1. The molecule has 8 heteroatoms. The van der Waals surface area contributed by atoms with Crippen molar-refractivity contribution in [3.05, 3.63) is 29.3 Å². The Morgan fingerprint density at radius 1 is 1.33 bits per heavy atom. The fourth-order valence-electron chi connectivity index (χ4n) is 1.13. The highest BCUT2D eigenvalue weighted by Gasteiger charge is 2.18. The van der Waals surface area contributed by atoms with E-state index in [1.165, 1.54) is 6.92 Å². The summed E-state index contributed by atoms with van der Waals surface area (Å²) in [5, 5.41) is 0. The summed E-state index contributed by atoms with van der Waals surface area (Å²) in [5.41, 5.74) is -1.05. The molecule has 0 unspecified atom stereocenters. The Labute approximate surface area is 103 Å². The second-order valence-electron chi connectivity index (χ2n) is 3.31. The summed E-state index contributed by atoms with van der Waals surface area (Å²) < 4.78 is 55.3. The fraction of sp³-hybridized carbons (Fsp3) is 0.300. The number of sulfonamides is 1. The van der Waals surface area contributed by atoms with Crippen LogP contribution in [0.4, 0.5) is 14.5 Å². The lowest BCUT2D eigenvalue weighted by Gasteiger charge is -2.09. The molecule has 1 rings (SSSR count). The first kappa shape index (κ1) is 14.4. The zero-order chi connectivity index (χ0) is 13.9. The van der Waals surface area contributed by atoms with E-state index < -0.39 is 38.9 Å². The predicted molar refractivity (Wildman–Crippen MR) is 60.8 cm³/mol. The number of carbonyl (C=O) groups excluding carboxylic acids is 1. The molecule has 0 spiro atoms. The van der Waals surface area contributed by atoms with E-state index >= 15 is 0 Å². The van der Waals surface area contributed by atoms with Crippen molar-refractivity contribution in [3.8, 4) is 0 Å². The summed E-state index contributed by atoms with van der Waals surface area (Å²) in [6.45, 7) is 1.35. The van der Waals surface area contributed by atoms with Gasteiger partial charge < -0.3 is 4.74 Å². The van der Waals surface area contributed by atoms with E-state index in [-0.39, 0.29) is 5.75 Å². The number of esters is 1. The molecule has 0 aliphatic heterocycles. The van der Waals surface area contributed by atoms with Gasteiger partial charge in [-0.25, -0.2) is 22.0 Å². The monoisotopic (exact) mass is 279 g/mol. The van der Waals surface area contributed by atoms with Gasteiger partial charge in [0.05, 0.1) is 24.1 Å². The van der Waals surface area contributed by atoms with Crippen molar-refractivity contribution in [1.29, 1.82) is 0 Å². The van der Waals surface area contributed by atoms with Gasteiger partial charge in [0.1, 0.15) is 11.6 Å². The lowest BCUT2D eigenvalue weighted by atomic mass is 10.2. The quantitative estimate of drug-likeness (QED) is 0.848. The van der Waals surface area contributed by atoms with Gasteiger partial charge in [0.15, 0.2) is 0 Å². The first-order valence-electron chi connectivity index (χ1n) is 4.88. The van der Waals surface area contributed by atoms with E-state index in [1.54, 1.807) is 0 Å². The third kappa shape index (κ3) is 3.16. The number of benzene rings is 1. The number of ether oxygens (including phenoxy) is 1. The summed E-state index contributed by atoms with van der Waals surface area (Å²) in [6, 6.07) is 1.17. The molecule has 1 aromatic rings. The molecule has 0 heterocycles. The van der Waals surface area contributed by atoms with Crippen LogP contribution in [0.1, 0.15) is 17.3 Å². The Kier molecular flexibility index (Phi) is 4.23. The molecule has 0 saturated heterocycles. The number of nitrogens with one attached hydrogen (secondary N) is 1. The number of halogens is 2. The number of rotatable bonds is 4. The van der Waals surface area contributed by atoms with Crippen LogP contribution in [0.15, 0.2) is 12.1 Å². The lowest BCUT2D eigenvalue weighted by Crippen LogP contribution is -2.16. The molecule has 18 heavy (non-hydrogen) atoms. The molecule has 0 atom stereocenters. The van der Waals surface area contributed by atoms with E-state index in [4.69, 9.17) is 0 Å². The average Bonchev–Trinajstić information content (AvgIpc) is 2.31. The maximum atomic E-state index is 13.3. The fourth-order valence-corrected chi connectivity index (χ4v) is 1.77. The van der Waals surface area contributed by atoms with Gasteiger partial charge in [-0.05, 0) is 13.0 Å². The van der Waals surface area contributed by atoms with Crippen molar-refractivity contribution in [2.75, 3.05) is 17.6 Å². The summed E-state index contributed by atoms with van der Waals surface area (Å²) in [4.78, 5) is 11.2. The van der Waals surface area contributed by atoms with E-state index in [9.17, 15) is 22.0 Å². The van der Waals surface area contributed by atoms with Crippen molar-refractivity contribution in [2.24, 2.45) is 0 Å². The first-order valence-corrected chi connectivity index (χ1v) is 6.53. The molecule has 1 N–H and O–H groups in total. The highest BCUT2D eigenvalue weighted by atomic mass is 32.2. The van der Waals surface area contributed by atoms with Gasteiger partial charge in [-0.15, -0.1) is 0 Å². The third-order valence-corrected chi connectivity index (χ3v) is 3.40. The minimum absolute atomic E-state index is 0.280. The minimum atomic E-state index is -3.72. The van der Waals surface area contributed by atoms with Crippen molar-refractivity contribution in [2.45, 2.75) is 6.92 Å². The SMILES string of the molecule is CCS(=O)(=O)Nc1cc(C(=O)OC)c(F)cc1F. The molecule has 1 aromatic carbocycles.